The summed E-state index contributed by atoms with van der Waals surface area (Å²) in [5, 5.41) is 33.3. The molecule has 1 amide bonds. The highest BCUT2D eigenvalue weighted by Crippen LogP contribution is 2.17. The number of carbonyl (C=O) groups is 1. The molecule has 0 fully saturated rings. The van der Waals surface area contributed by atoms with Crippen molar-refractivity contribution in [3.63, 3.8) is 0 Å². The highest BCUT2D eigenvalue weighted by Gasteiger charge is 2.23. The Hall–Kier alpha value is -0.910. The molecule has 51 heavy (non-hydrogen) atoms. The monoisotopic (exact) mass is 722 g/mol. The van der Waals surface area contributed by atoms with Crippen LogP contribution in [0, 0.1) is 0 Å². The predicted molar refractivity (Wildman–Crippen MR) is 222 cm³/mol. The van der Waals surface area contributed by atoms with Gasteiger partial charge in [0.1, 0.15) is 6.10 Å². The van der Waals surface area contributed by atoms with Gasteiger partial charge < -0.3 is 20.6 Å². The Balaban J connectivity index is 3.58. The van der Waals surface area contributed by atoms with Gasteiger partial charge >= 0.3 is 0 Å². The van der Waals surface area contributed by atoms with Gasteiger partial charge in [-0.2, -0.15) is 0 Å². The van der Waals surface area contributed by atoms with E-state index in [1.54, 1.807) is 0 Å². The second-order valence-corrected chi connectivity index (χ2v) is 16.0. The number of aliphatic hydroxyl groups excluding tert-OH is 3. The Bertz CT molecular complexity index is 713. The van der Waals surface area contributed by atoms with Gasteiger partial charge in [0.05, 0.1) is 18.8 Å². The zero-order chi connectivity index (χ0) is 37.3. The van der Waals surface area contributed by atoms with Crippen molar-refractivity contribution in [1.29, 1.82) is 0 Å². The van der Waals surface area contributed by atoms with Crippen LogP contribution in [0.2, 0.25) is 0 Å². The zero-order valence-electron chi connectivity index (χ0n) is 34.5. The Labute approximate surface area is 319 Å². The van der Waals surface area contributed by atoms with Gasteiger partial charge in [-0.05, 0) is 38.5 Å². The maximum absolute atomic E-state index is 12.5. The minimum absolute atomic E-state index is 0.314. The summed E-state index contributed by atoms with van der Waals surface area (Å²) < 4.78 is 0. The first-order valence-electron chi connectivity index (χ1n) is 23.0. The molecule has 304 valence electrons. The summed E-state index contributed by atoms with van der Waals surface area (Å²) in [5.41, 5.74) is 0. The van der Waals surface area contributed by atoms with Crippen molar-refractivity contribution in [3.8, 4) is 0 Å². The van der Waals surface area contributed by atoms with E-state index >= 15 is 0 Å². The molecular weight excluding hydrogens is 631 g/mol. The Kier molecular flexibility index (Phi) is 41.1. The molecule has 0 aliphatic heterocycles. The summed E-state index contributed by atoms with van der Waals surface area (Å²) in [5.74, 6) is -0.476. The summed E-state index contributed by atoms with van der Waals surface area (Å²) >= 11 is 0. The lowest BCUT2D eigenvalue weighted by atomic mass is 10.0. The Morgan fingerprint density at radius 2 is 0.745 bits per heavy atom. The van der Waals surface area contributed by atoms with Crippen molar-refractivity contribution >= 4 is 5.91 Å². The lowest BCUT2D eigenvalue weighted by molar-refractivity contribution is -0.131. The lowest BCUT2D eigenvalue weighted by Gasteiger charge is -2.23. The molecule has 0 aromatic heterocycles. The van der Waals surface area contributed by atoms with Crippen molar-refractivity contribution in [2.45, 2.75) is 270 Å². The van der Waals surface area contributed by atoms with E-state index in [-0.39, 0.29) is 6.61 Å². The number of hydrogen-bond acceptors (Lipinski definition) is 4. The second kappa shape index (κ2) is 41.8. The Morgan fingerprint density at radius 3 is 1.08 bits per heavy atom. The van der Waals surface area contributed by atoms with Gasteiger partial charge in [-0.15, -0.1) is 0 Å². The maximum atomic E-state index is 12.5. The highest BCUT2D eigenvalue weighted by molar-refractivity contribution is 5.80. The van der Waals surface area contributed by atoms with Crippen LogP contribution in [0.3, 0.4) is 0 Å². The quantitative estimate of drug-likeness (QED) is 0.0373. The van der Waals surface area contributed by atoms with E-state index in [4.69, 9.17) is 0 Å². The van der Waals surface area contributed by atoms with Gasteiger partial charge in [0.15, 0.2) is 0 Å². The van der Waals surface area contributed by atoms with Crippen molar-refractivity contribution in [2.75, 3.05) is 6.61 Å². The average molecular weight is 722 g/mol. The van der Waals surface area contributed by atoms with Crippen LogP contribution in [-0.2, 0) is 4.79 Å². The van der Waals surface area contributed by atoms with Gasteiger partial charge in [0.2, 0.25) is 5.91 Å². The molecule has 3 unspecified atom stereocenters. The molecule has 0 rings (SSSR count). The number of unbranched alkanes of at least 4 members (excludes halogenated alkanes) is 32. The van der Waals surface area contributed by atoms with Crippen LogP contribution in [0.5, 0.6) is 0 Å². The molecule has 0 heterocycles. The third-order valence-electron chi connectivity index (χ3n) is 10.9. The van der Waals surface area contributed by atoms with Crippen molar-refractivity contribution in [1.82, 2.24) is 5.32 Å². The third kappa shape index (κ3) is 37.2. The zero-order valence-corrected chi connectivity index (χ0v) is 34.5. The minimum Gasteiger partial charge on any atom is -0.394 e. The molecule has 0 bridgehead atoms. The molecule has 0 saturated heterocycles. The van der Waals surface area contributed by atoms with E-state index in [0.717, 1.165) is 44.9 Å². The molecule has 0 saturated carbocycles. The van der Waals surface area contributed by atoms with E-state index in [1.807, 2.05) is 0 Å². The van der Waals surface area contributed by atoms with Gasteiger partial charge in [-0.25, -0.2) is 0 Å². The first-order chi connectivity index (χ1) is 25.1. The van der Waals surface area contributed by atoms with Crippen LogP contribution in [-0.4, -0.2) is 46.1 Å². The molecule has 5 heteroatoms. The Morgan fingerprint density at radius 1 is 0.451 bits per heavy atom. The van der Waals surface area contributed by atoms with Crippen molar-refractivity contribution < 1.29 is 20.1 Å². The first kappa shape index (κ1) is 50.1. The van der Waals surface area contributed by atoms with Gasteiger partial charge in [-0.3, -0.25) is 4.79 Å². The number of rotatable bonds is 42. The summed E-state index contributed by atoms with van der Waals surface area (Å²) in [4.78, 5) is 12.5. The summed E-state index contributed by atoms with van der Waals surface area (Å²) in [6.07, 6.45) is 49.3. The second-order valence-electron chi connectivity index (χ2n) is 16.0. The smallest absolute Gasteiger partial charge is 0.249 e. The van der Waals surface area contributed by atoms with Crippen molar-refractivity contribution in [3.05, 3.63) is 12.2 Å². The maximum Gasteiger partial charge on any atom is 0.249 e. The number of amides is 1. The summed E-state index contributed by atoms with van der Waals surface area (Å²) in [7, 11) is 0. The van der Waals surface area contributed by atoms with Gasteiger partial charge in [0.25, 0.3) is 0 Å². The van der Waals surface area contributed by atoms with E-state index in [1.165, 1.54) is 180 Å². The SMILES string of the molecule is CCCCCCCCC/C=C\CCCCCCC(O)C(=O)NC(CO)C(O)CCCCCCCCCCCCCCCCCCCCCCCC. The lowest BCUT2D eigenvalue weighted by Crippen LogP contribution is -2.49. The fourth-order valence-corrected chi connectivity index (χ4v) is 7.25. The van der Waals surface area contributed by atoms with Crippen LogP contribution in [0.4, 0.5) is 0 Å². The molecule has 0 spiro atoms. The standard InChI is InChI=1S/C46H91NO4/c1-3-5-7-9-11-13-15-17-19-20-21-22-23-24-25-27-28-30-32-34-36-38-40-44(49)43(42-48)47-46(51)45(50)41-39-37-35-33-31-29-26-18-16-14-12-10-8-6-4-2/h26,29,43-45,48-50H,3-25,27-28,30-42H2,1-2H3,(H,47,51)/b29-26-. The van der Waals surface area contributed by atoms with Gasteiger partial charge in [-0.1, -0.05) is 225 Å². The van der Waals surface area contributed by atoms with E-state index < -0.39 is 24.2 Å². The van der Waals surface area contributed by atoms with Crippen molar-refractivity contribution in [2.24, 2.45) is 0 Å². The number of allylic oxidation sites excluding steroid dienone is 2. The fourth-order valence-electron chi connectivity index (χ4n) is 7.25. The van der Waals surface area contributed by atoms with Crippen LogP contribution in [0.25, 0.3) is 0 Å². The molecular formula is C46H91NO4. The minimum atomic E-state index is -1.08. The predicted octanol–water partition coefficient (Wildman–Crippen LogP) is 13.2. The molecule has 3 atom stereocenters. The highest BCUT2D eigenvalue weighted by atomic mass is 16.3. The molecule has 0 aliphatic carbocycles. The molecule has 5 nitrogen and oxygen atoms in total. The molecule has 0 radical (unpaired) electrons. The molecule has 4 N–H and O–H groups in total. The normalized spacial score (nSPS) is 13.6. The summed E-state index contributed by atoms with van der Waals surface area (Å²) in [6, 6.07) is -0.713. The number of carbonyl (C=O) groups excluding carboxylic acids is 1. The summed E-state index contributed by atoms with van der Waals surface area (Å²) in [6.45, 7) is 4.24. The topological polar surface area (TPSA) is 89.8 Å². The van der Waals surface area contributed by atoms with E-state index in [0.29, 0.717) is 12.8 Å². The van der Waals surface area contributed by atoms with Crippen LogP contribution < -0.4 is 5.32 Å². The van der Waals surface area contributed by atoms with Crippen LogP contribution in [0.15, 0.2) is 12.2 Å². The average Bonchev–Trinajstić information content (AvgIpc) is 3.13. The van der Waals surface area contributed by atoms with Crippen LogP contribution in [0.1, 0.15) is 251 Å². The molecule has 0 aliphatic rings. The first-order valence-corrected chi connectivity index (χ1v) is 23.0. The molecule has 0 aromatic rings. The number of aliphatic hydroxyl groups is 3. The van der Waals surface area contributed by atoms with Gasteiger partial charge in [0, 0.05) is 0 Å². The molecule has 0 aromatic carbocycles. The van der Waals surface area contributed by atoms with Crippen LogP contribution >= 0.6 is 0 Å². The third-order valence-corrected chi connectivity index (χ3v) is 10.9. The van der Waals surface area contributed by atoms with E-state index in [9.17, 15) is 20.1 Å². The fraction of sp³-hybridized carbons (Fsp3) is 0.935. The largest absolute Gasteiger partial charge is 0.394 e. The van der Waals surface area contributed by atoms with E-state index in [2.05, 4.69) is 31.3 Å². The number of nitrogens with one attached hydrogen (secondary N) is 1. The number of hydrogen-bond donors (Lipinski definition) is 4.